The van der Waals surface area contributed by atoms with Crippen LogP contribution in [0, 0.1) is 6.92 Å². The molecule has 0 aliphatic heterocycles. The topological polar surface area (TPSA) is 51.2 Å². The quantitative estimate of drug-likeness (QED) is 0.721. The maximum absolute atomic E-state index is 13.4. The summed E-state index contributed by atoms with van der Waals surface area (Å²) in [7, 11) is 0. The Labute approximate surface area is 150 Å². The second-order valence-electron chi connectivity index (χ2n) is 5.84. The second-order valence-corrected chi connectivity index (χ2v) is 5.84. The maximum Gasteiger partial charge on any atom is 0.395 e. The SMILES string of the molecule is CCOC(=O)c1cccnc1NCC[C@@H](c1ccc(C)cc1)C(F)(F)F. The zero-order chi connectivity index (χ0) is 19.2. The summed E-state index contributed by atoms with van der Waals surface area (Å²) in [6, 6.07) is 9.42. The summed E-state index contributed by atoms with van der Waals surface area (Å²) in [5.74, 6) is -1.94. The van der Waals surface area contributed by atoms with Gasteiger partial charge in [0.05, 0.1) is 12.5 Å². The summed E-state index contributed by atoms with van der Waals surface area (Å²) in [4.78, 5) is 15.9. The van der Waals surface area contributed by atoms with E-state index in [9.17, 15) is 18.0 Å². The molecule has 2 aromatic rings. The van der Waals surface area contributed by atoms with Crippen molar-refractivity contribution in [3.8, 4) is 0 Å². The molecule has 26 heavy (non-hydrogen) atoms. The van der Waals surface area contributed by atoms with Gasteiger partial charge in [-0.15, -0.1) is 0 Å². The lowest BCUT2D eigenvalue weighted by Crippen LogP contribution is -2.24. The summed E-state index contributed by atoms with van der Waals surface area (Å²) in [5.41, 5.74) is 1.32. The van der Waals surface area contributed by atoms with E-state index in [1.807, 2.05) is 6.92 Å². The molecule has 0 saturated carbocycles. The number of halogens is 3. The van der Waals surface area contributed by atoms with Crippen LogP contribution in [0.1, 0.15) is 40.7 Å². The highest BCUT2D eigenvalue weighted by atomic mass is 19.4. The first kappa shape index (κ1) is 19.8. The average molecular weight is 366 g/mol. The molecule has 0 aliphatic carbocycles. The number of ether oxygens (including phenoxy) is 1. The van der Waals surface area contributed by atoms with Crippen LogP contribution in [0.25, 0.3) is 0 Å². The van der Waals surface area contributed by atoms with Gasteiger partial charge < -0.3 is 10.1 Å². The molecule has 0 spiro atoms. The Morgan fingerprint density at radius 2 is 1.92 bits per heavy atom. The molecule has 0 bridgehead atoms. The molecule has 7 heteroatoms. The molecule has 140 valence electrons. The number of aryl methyl sites for hydroxylation is 1. The lowest BCUT2D eigenvalue weighted by Gasteiger charge is -2.21. The lowest BCUT2D eigenvalue weighted by atomic mass is 9.94. The van der Waals surface area contributed by atoms with Gasteiger partial charge in [-0.25, -0.2) is 9.78 Å². The monoisotopic (exact) mass is 366 g/mol. The normalized spacial score (nSPS) is 12.5. The van der Waals surface area contributed by atoms with Gasteiger partial charge in [0.1, 0.15) is 11.4 Å². The first-order valence-electron chi connectivity index (χ1n) is 8.32. The van der Waals surface area contributed by atoms with Gasteiger partial charge in [0.25, 0.3) is 0 Å². The number of benzene rings is 1. The number of rotatable bonds is 7. The number of pyridine rings is 1. The number of hydrogen-bond donors (Lipinski definition) is 1. The smallest absolute Gasteiger partial charge is 0.395 e. The van der Waals surface area contributed by atoms with Crippen molar-refractivity contribution in [1.29, 1.82) is 0 Å². The van der Waals surface area contributed by atoms with E-state index < -0.39 is 18.1 Å². The third-order valence-electron chi connectivity index (χ3n) is 3.90. The van der Waals surface area contributed by atoms with Crippen molar-refractivity contribution in [3.05, 3.63) is 59.3 Å². The van der Waals surface area contributed by atoms with Crippen LogP contribution in [0.5, 0.6) is 0 Å². The van der Waals surface area contributed by atoms with Gasteiger partial charge in [0, 0.05) is 12.7 Å². The number of aromatic nitrogens is 1. The van der Waals surface area contributed by atoms with Crippen molar-refractivity contribution < 1.29 is 22.7 Å². The molecule has 0 unspecified atom stereocenters. The number of hydrogen-bond acceptors (Lipinski definition) is 4. The number of nitrogens with zero attached hydrogens (tertiary/aromatic N) is 1. The third kappa shape index (κ3) is 5.21. The van der Waals surface area contributed by atoms with Crippen LogP contribution in [0.3, 0.4) is 0 Å². The van der Waals surface area contributed by atoms with E-state index in [-0.39, 0.29) is 36.5 Å². The second kappa shape index (κ2) is 8.69. The molecule has 0 radical (unpaired) electrons. The van der Waals surface area contributed by atoms with Gasteiger partial charge in [-0.1, -0.05) is 29.8 Å². The molecule has 2 rings (SSSR count). The Morgan fingerprint density at radius 1 is 1.23 bits per heavy atom. The zero-order valence-corrected chi connectivity index (χ0v) is 14.6. The highest BCUT2D eigenvalue weighted by Crippen LogP contribution is 2.37. The number of anilines is 1. The molecule has 1 atom stereocenters. The largest absolute Gasteiger partial charge is 0.462 e. The number of carbonyl (C=O) groups is 1. The van der Waals surface area contributed by atoms with Gasteiger partial charge >= 0.3 is 12.1 Å². The molecule has 1 aromatic heterocycles. The van der Waals surface area contributed by atoms with Crippen molar-refractivity contribution in [1.82, 2.24) is 4.98 Å². The molecule has 0 aliphatic rings. The van der Waals surface area contributed by atoms with Crippen LogP contribution < -0.4 is 5.32 Å². The highest BCUT2D eigenvalue weighted by Gasteiger charge is 2.40. The van der Waals surface area contributed by atoms with Crippen LogP contribution in [0.2, 0.25) is 0 Å². The molecule has 1 aromatic carbocycles. The molecular formula is C19H21F3N2O2. The van der Waals surface area contributed by atoms with E-state index >= 15 is 0 Å². The molecular weight excluding hydrogens is 345 g/mol. The van der Waals surface area contributed by atoms with Gasteiger partial charge in [-0.2, -0.15) is 13.2 Å². The summed E-state index contributed by atoms with van der Waals surface area (Å²) >= 11 is 0. The Bertz CT molecular complexity index is 730. The Morgan fingerprint density at radius 3 is 2.54 bits per heavy atom. The number of nitrogens with one attached hydrogen (secondary N) is 1. The third-order valence-corrected chi connectivity index (χ3v) is 3.90. The predicted molar refractivity (Wildman–Crippen MR) is 93.3 cm³/mol. The van der Waals surface area contributed by atoms with E-state index in [4.69, 9.17) is 4.74 Å². The summed E-state index contributed by atoms with van der Waals surface area (Å²) in [6.45, 7) is 3.72. The molecule has 4 nitrogen and oxygen atoms in total. The Balaban J connectivity index is 2.09. The van der Waals surface area contributed by atoms with Crippen LogP contribution in [-0.4, -0.2) is 30.3 Å². The lowest BCUT2D eigenvalue weighted by molar-refractivity contribution is -0.151. The summed E-state index contributed by atoms with van der Waals surface area (Å²) < 4.78 is 45.2. The fourth-order valence-corrected chi connectivity index (χ4v) is 2.57. The summed E-state index contributed by atoms with van der Waals surface area (Å²) in [6.07, 6.45) is -3.07. The van der Waals surface area contributed by atoms with E-state index in [0.29, 0.717) is 0 Å². The number of esters is 1. The minimum atomic E-state index is -4.36. The standard InChI is InChI=1S/C19H21F3N2O2/c1-3-26-18(25)15-5-4-11-23-17(15)24-12-10-16(19(20,21)22)14-8-6-13(2)7-9-14/h4-9,11,16H,3,10,12H2,1-2H3,(H,23,24)/t16-/m0/s1. The number of alkyl halides is 3. The van der Waals surface area contributed by atoms with E-state index in [0.717, 1.165) is 5.56 Å². The average Bonchev–Trinajstić information content (AvgIpc) is 2.59. The first-order chi connectivity index (χ1) is 12.3. The molecule has 0 amide bonds. The fraction of sp³-hybridized carbons (Fsp3) is 0.368. The van der Waals surface area contributed by atoms with Crippen molar-refractivity contribution in [2.45, 2.75) is 32.4 Å². The minimum Gasteiger partial charge on any atom is -0.462 e. The van der Waals surface area contributed by atoms with Crippen LogP contribution in [0.15, 0.2) is 42.6 Å². The van der Waals surface area contributed by atoms with Crippen molar-refractivity contribution in [3.63, 3.8) is 0 Å². The van der Waals surface area contributed by atoms with Gasteiger partial charge in [-0.3, -0.25) is 0 Å². The Kier molecular flexibility index (Phi) is 6.60. The van der Waals surface area contributed by atoms with Gasteiger partial charge in [0.2, 0.25) is 0 Å². The van der Waals surface area contributed by atoms with Gasteiger partial charge in [0.15, 0.2) is 0 Å². The molecule has 1 N–H and O–H groups in total. The van der Waals surface area contributed by atoms with E-state index in [2.05, 4.69) is 10.3 Å². The van der Waals surface area contributed by atoms with Crippen LogP contribution >= 0.6 is 0 Å². The van der Waals surface area contributed by atoms with Crippen LogP contribution in [-0.2, 0) is 4.74 Å². The van der Waals surface area contributed by atoms with Crippen molar-refractivity contribution in [2.75, 3.05) is 18.5 Å². The minimum absolute atomic E-state index is 0.0153. The van der Waals surface area contributed by atoms with Crippen LogP contribution in [0.4, 0.5) is 19.0 Å². The molecule has 0 fully saturated rings. The van der Waals surface area contributed by atoms with Crippen molar-refractivity contribution in [2.24, 2.45) is 0 Å². The van der Waals surface area contributed by atoms with Gasteiger partial charge in [-0.05, 0) is 38.0 Å². The highest BCUT2D eigenvalue weighted by molar-refractivity contribution is 5.94. The van der Waals surface area contributed by atoms with Crippen molar-refractivity contribution >= 4 is 11.8 Å². The Hall–Kier alpha value is -2.57. The molecule has 0 saturated heterocycles. The zero-order valence-electron chi connectivity index (χ0n) is 14.6. The summed E-state index contributed by atoms with van der Waals surface area (Å²) in [5, 5.41) is 2.82. The molecule has 1 heterocycles. The maximum atomic E-state index is 13.4. The van der Waals surface area contributed by atoms with E-state index in [1.54, 1.807) is 25.1 Å². The first-order valence-corrected chi connectivity index (χ1v) is 8.32. The van der Waals surface area contributed by atoms with E-state index in [1.165, 1.54) is 24.4 Å². The fourth-order valence-electron chi connectivity index (χ4n) is 2.57. The predicted octanol–water partition coefficient (Wildman–Crippen LogP) is 4.71. The number of carbonyl (C=O) groups excluding carboxylic acids is 1.